The summed E-state index contributed by atoms with van der Waals surface area (Å²) in [4.78, 5) is 24.3. The number of ether oxygens (including phenoxy) is 1. The third-order valence-electron chi connectivity index (χ3n) is 4.54. The normalized spacial score (nSPS) is 43.0. The second kappa shape index (κ2) is 7.38. The van der Waals surface area contributed by atoms with Gasteiger partial charge in [0.2, 0.25) is 0 Å². The van der Waals surface area contributed by atoms with E-state index in [2.05, 4.69) is 0 Å². The van der Waals surface area contributed by atoms with Crippen molar-refractivity contribution in [3.63, 3.8) is 0 Å². The molecule has 0 aromatic heterocycles. The molecule has 0 bridgehead atoms. The lowest BCUT2D eigenvalue weighted by Gasteiger charge is -2.32. The highest BCUT2D eigenvalue weighted by Gasteiger charge is 2.36. The van der Waals surface area contributed by atoms with Crippen molar-refractivity contribution >= 4 is 11.8 Å². The molecule has 5 nitrogen and oxygen atoms in total. The lowest BCUT2D eigenvalue weighted by molar-refractivity contribution is -0.169. The molecular weight excluding hydrogens is 284 g/mol. The smallest absolute Gasteiger partial charge is 0.311 e. The summed E-state index contributed by atoms with van der Waals surface area (Å²) in [7, 11) is 0. The number of carbonyl (C=O) groups excluding carboxylic acids is 2. The number of ketones is 1. The van der Waals surface area contributed by atoms with E-state index in [0.717, 1.165) is 0 Å². The number of hydrogen-bond acceptors (Lipinski definition) is 5. The van der Waals surface area contributed by atoms with Gasteiger partial charge in [0.25, 0.3) is 0 Å². The van der Waals surface area contributed by atoms with E-state index in [1.165, 1.54) is 19.1 Å². The Morgan fingerprint density at radius 1 is 1.32 bits per heavy atom. The number of esters is 1. The Morgan fingerprint density at radius 3 is 2.45 bits per heavy atom. The molecule has 0 aliphatic carbocycles. The molecule has 1 rings (SSSR count). The Morgan fingerprint density at radius 2 is 1.91 bits per heavy atom. The van der Waals surface area contributed by atoms with Gasteiger partial charge in [-0.1, -0.05) is 20.8 Å². The zero-order valence-corrected chi connectivity index (χ0v) is 14.1. The molecule has 0 fully saturated rings. The van der Waals surface area contributed by atoms with Gasteiger partial charge in [-0.05, 0) is 44.8 Å². The van der Waals surface area contributed by atoms with Crippen LogP contribution in [0.5, 0.6) is 0 Å². The average molecular weight is 312 g/mol. The van der Waals surface area contributed by atoms with E-state index in [4.69, 9.17) is 4.74 Å². The Hall–Kier alpha value is -1.20. The van der Waals surface area contributed by atoms with Crippen LogP contribution in [0.15, 0.2) is 12.2 Å². The quantitative estimate of drug-likeness (QED) is 0.722. The summed E-state index contributed by atoms with van der Waals surface area (Å²) in [5.41, 5.74) is -1.42. The first-order valence-corrected chi connectivity index (χ1v) is 7.94. The zero-order valence-electron chi connectivity index (χ0n) is 14.1. The van der Waals surface area contributed by atoms with E-state index >= 15 is 0 Å². The largest absolute Gasteiger partial charge is 0.459 e. The molecule has 22 heavy (non-hydrogen) atoms. The van der Waals surface area contributed by atoms with Crippen LogP contribution in [0.1, 0.15) is 47.5 Å². The van der Waals surface area contributed by atoms with Crippen molar-refractivity contribution < 1.29 is 24.5 Å². The van der Waals surface area contributed by atoms with Crippen LogP contribution in [-0.2, 0) is 14.3 Å². The summed E-state index contributed by atoms with van der Waals surface area (Å²) in [5, 5.41) is 20.8. The molecule has 0 spiro atoms. The summed E-state index contributed by atoms with van der Waals surface area (Å²) in [6.07, 6.45) is 2.00. The maximum atomic E-state index is 12.2. The number of cyclic esters (lactones) is 1. The zero-order chi connectivity index (χ0) is 17.1. The van der Waals surface area contributed by atoms with Gasteiger partial charge in [-0.2, -0.15) is 0 Å². The monoisotopic (exact) mass is 312 g/mol. The fourth-order valence-corrected chi connectivity index (χ4v) is 2.83. The fourth-order valence-electron chi connectivity index (χ4n) is 2.83. The first-order valence-electron chi connectivity index (χ1n) is 7.94. The molecule has 2 N–H and O–H groups in total. The Labute approximate surface area is 132 Å². The molecule has 0 aromatic carbocycles. The maximum Gasteiger partial charge on any atom is 0.311 e. The lowest BCUT2D eigenvalue weighted by Crippen LogP contribution is -2.44. The van der Waals surface area contributed by atoms with E-state index in [1.54, 1.807) is 20.8 Å². The summed E-state index contributed by atoms with van der Waals surface area (Å²) in [6.45, 7) is 8.52. The third-order valence-corrected chi connectivity index (χ3v) is 4.54. The van der Waals surface area contributed by atoms with Gasteiger partial charge in [0.05, 0.1) is 12.0 Å². The van der Waals surface area contributed by atoms with Crippen LogP contribution in [0.3, 0.4) is 0 Å². The van der Waals surface area contributed by atoms with Crippen LogP contribution in [0.2, 0.25) is 0 Å². The molecule has 0 radical (unpaired) electrons. The van der Waals surface area contributed by atoms with E-state index in [9.17, 15) is 19.8 Å². The Bertz CT molecular complexity index is 440. The number of aliphatic hydroxyl groups is 2. The van der Waals surface area contributed by atoms with Gasteiger partial charge in [-0.3, -0.25) is 9.59 Å². The van der Waals surface area contributed by atoms with E-state index in [0.29, 0.717) is 12.8 Å². The predicted molar refractivity (Wildman–Crippen MR) is 83.1 cm³/mol. The molecule has 5 heteroatoms. The molecule has 0 amide bonds. The van der Waals surface area contributed by atoms with Gasteiger partial charge in [0, 0.05) is 5.92 Å². The molecular formula is C17H28O5. The fraction of sp³-hybridized carbons (Fsp3) is 0.765. The van der Waals surface area contributed by atoms with E-state index < -0.39 is 29.7 Å². The van der Waals surface area contributed by atoms with Gasteiger partial charge >= 0.3 is 5.97 Å². The summed E-state index contributed by atoms with van der Waals surface area (Å²) in [5.74, 6) is -1.81. The summed E-state index contributed by atoms with van der Waals surface area (Å²) < 4.78 is 5.37. The first-order chi connectivity index (χ1) is 10.1. The van der Waals surface area contributed by atoms with Crippen molar-refractivity contribution in [2.75, 3.05) is 0 Å². The molecule has 6 atom stereocenters. The van der Waals surface area contributed by atoms with Gasteiger partial charge < -0.3 is 14.9 Å². The maximum absolute atomic E-state index is 12.2. The number of rotatable bonds is 1. The number of allylic oxidation sites excluding steroid dienone is 1. The van der Waals surface area contributed by atoms with Crippen molar-refractivity contribution in [3.05, 3.63) is 12.2 Å². The molecule has 0 saturated carbocycles. The molecule has 0 unspecified atom stereocenters. The number of carbonyl (C=O) groups is 2. The van der Waals surface area contributed by atoms with Crippen LogP contribution in [0, 0.1) is 17.8 Å². The minimum Gasteiger partial charge on any atom is -0.459 e. The van der Waals surface area contributed by atoms with Gasteiger partial charge in [-0.15, -0.1) is 0 Å². The minimum atomic E-state index is -1.42. The van der Waals surface area contributed by atoms with Crippen LogP contribution in [0.4, 0.5) is 0 Å². The number of hydrogen-bond donors (Lipinski definition) is 2. The van der Waals surface area contributed by atoms with Crippen LogP contribution >= 0.6 is 0 Å². The first kappa shape index (κ1) is 18.8. The molecule has 0 aromatic rings. The summed E-state index contributed by atoms with van der Waals surface area (Å²) >= 11 is 0. The molecule has 0 saturated heterocycles. The van der Waals surface area contributed by atoms with Crippen LogP contribution in [0.25, 0.3) is 0 Å². The second-order valence-electron chi connectivity index (χ2n) is 6.69. The van der Waals surface area contributed by atoms with Gasteiger partial charge in [0.1, 0.15) is 11.7 Å². The van der Waals surface area contributed by atoms with Gasteiger partial charge in [-0.25, -0.2) is 0 Å². The summed E-state index contributed by atoms with van der Waals surface area (Å²) in [6, 6.07) is 0. The van der Waals surface area contributed by atoms with Crippen LogP contribution in [-0.4, -0.2) is 39.8 Å². The molecule has 126 valence electrons. The molecule has 1 aliphatic rings. The van der Waals surface area contributed by atoms with Crippen molar-refractivity contribution in [3.8, 4) is 0 Å². The van der Waals surface area contributed by atoms with Crippen molar-refractivity contribution in [2.24, 2.45) is 17.8 Å². The Kier molecular flexibility index (Phi) is 6.32. The van der Waals surface area contributed by atoms with Crippen molar-refractivity contribution in [2.45, 2.75) is 65.3 Å². The third kappa shape index (κ3) is 4.40. The lowest BCUT2D eigenvalue weighted by atomic mass is 9.84. The molecule has 1 aliphatic heterocycles. The van der Waals surface area contributed by atoms with Crippen molar-refractivity contribution in [1.29, 1.82) is 0 Å². The topological polar surface area (TPSA) is 83.8 Å². The SMILES string of the molecule is CC[C@H]1OC(=O)[C@H](C)[C@@H](O)[C@@H](C)C[C@@H](C)C(=O)/C=C\[C@]1(C)O. The average Bonchev–Trinajstić information content (AvgIpc) is 2.47. The van der Waals surface area contributed by atoms with E-state index in [-0.39, 0.29) is 17.6 Å². The standard InChI is InChI=1S/C17H28O5/c1-6-14-17(5,21)8-7-13(18)10(2)9-11(3)15(19)12(4)16(20)22-14/h7-8,10-12,14-15,19,21H,6,9H2,1-5H3/b8-7-/t10-,11+,12-,14-,15+,17+/m1/s1. The van der Waals surface area contributed by atoms with Gasteiger partial charge in [0.15, 0.2) is 5.78 Å². The Balaban J connectivity index is 3.16. The van der Waals surface area contributed by atoms with E-state index in [1.807, 2.05) is 6.92 Å². The molecule has 1 heterocycles. The number of aliphatic hydroxyl groups excluding tert-OH is 1. The highest BCUT2D eigenvalue weighted by molar-refractivity contribution is 5.91. The minimum absolute atomic E-state index is 0.103. The predicted octanol–water partition coefficient (Wildman–Crippen LogP) is 1.86. The second-order valence-corrected chi connectivity index (χ2v) is 6.69. The highest BCUT2D eigenvalue weighted by Crippen LogP contribution is 2.26. The van der Waals surface area contributed by atoms with Crippen LogP contribution < -0.4 is 0 Å². The van der Waals surface area contributed by atoms with Crippen molar-refractivity contribution in [1.82, 2.24) is 0 Å². The highest BCUT2D eigenvalue weighted by atomic mass is 16.6.